The maximum absolute atomic E-state index is 12.3. The van der Waals surface area contributed by atoms with E-state index in [9.17, 15) is 4.79 Å². The van der Waals surface area contributed by atoms with Crippen LogP contribution < -0.4 is 4.74 Å². The zero-order valence-electron chi connectivity index (χ0n) is 14.8. The number of fused-ring (bicyclic) bond motifs is 1. The lowest BCUT2D eigenvalue weighted by molar-refractivity contribution is -0.125. The molecule has 0 N–H and O–H groups in total. The van der Waals surface area contributed by atoms with E-state index in [1.54, 1.807) is 7.11 Å². The third-order valence-electron chi connectivity index (χ3n) is 6.80. The van der Waals surface area contributed by atoms with E-state index in [2.05, 4.69) is 23.1 Å². The van der Waals surface area contributed by atoms with Crippen molar-refractivity contribution in [2.45, 2.75) is 50.4 Å². The van der Waals surface area contributed by atoms with Crippen molar-refractivity contribution in [2.75, 3.05) is 26.7 Å². The summed E-state index contributed by atoms with van der Waals surface area (Å²) in [4.78, 5) is 15.0. The minimum absolute atomic E-state index is 0.0417. The number of rotatable bonds is 4. The first-order valence-electron chi connectivity index (χ1n) is 9.58. The van der Waals surface area contributed by atoms with Gasteiger partial charge in [0.05, 0.1) is 7.11 Å². The first kappa shape index (κ1) is 16.1. The van der Waals surface area contributed by atoms with Crippen LogP contribution in [0, 0.1) is 11.8 Å². The lowest BCUT2D eigenvalue weighted by Crippen LogP contribution is -2.54. The van der Waals surface area contributed by atoms with E-state index >= 15 is 0 Å². The Balaban J connectivity index is 1.58. The smallest absolute Gasteiger partial charge is 0.133 e. The minimum Gasteiger partial charge on any atom is -0.497 e. The quantitative estimate of drug-likeness (QED) is 0.842. The van der Waals surface area contributed by atoms with Gasteiger partial charge in [-0.1, -0.05) is 18.6 Å². The number of likely N-dealkylation sites (tertiary alicyclic amines) is 1. The normalized spacial score (nSPS) is 31.4. The molecule has 1 aliphatic heterocycles. The van der Waals surface area contributed by atoms with E-state index in [4.69, 9.17) is 4.74 Å². The van der Waals surface area contributed by atoms with Crippen molar-refractivity contribution in [3.63, 3.8) is 0 Å². The molecule has 1 saturated heterocycles. The van der Waals surface area contributed by atoms with Crippen LogP contribution in [0.15, 0.2) is 24.3 Å². The molecule has 24 heavy (non-hydrogen) atoms. The van der Waals surface area contributed by atoms with Crippen LogP contribution in [0.2, 0.25) is 0 Å². The Bertz CT molecular complexity index is 610. The molecule has 130 valence electrons. The van der Waals surface area contributed by atoms with Crippen LogP contribution in [0.1, 0.15) is 50.5 Å². The van der Waals surface area contributed by atoms with Crippen LogP contribution in [-0.2, 0) is 10.2 Å². The monoisotopic (exact) mass is 327 g/mol. The summed E-state index contributed by atoms with van der Waals surface area (Å²) >= 11 is 0. The van der Waals surface area contributed by atoms with E-state index in [0.717, 1.165) is 43.9 Å². The first-order valence-corrected chi connectivity index (χ1v) is 9.58. The van der Waals surface area contributed by atoms with Gasteiger partial charge >= 0.3 is 0 Å². The van der Waals surface area contributed by atoms with Crippen molar-refractivity contribution in [3.8, 4) is 5.75 Å². The van der Waals surface area contributed by atoms with Gasteiger partial charge in [0.15, 0.2) is 0 Å². The molecule has 0 aromatic heterocycles. The molecule has 3 heteroatoms. The molecule has 0 amide bonds. The van der Waals surface area contributed by atoms with E-state index in [1.807, 2.05) is 6.07 Å². The molecule has 3 fully saturated rings. The Hall–Kier alpha value is -1.35. The van der Waals surface area contributed by atoms with Crippen molar-refractivity contribution in [2.24, 2.45) is 11.8 Å². The number of ether oxygens (including phenoxy) is 1. The Kier molecular flexibility index (Phi) is 4.38. The van der Waals surface area contributed by atoms with Gasteiger partial charge < -0.3 is 9.64 Å². The van der Waals surface area contributed by atoms with Crippen molar-refractivity contribution < 1.29 is 9.53 Å². The molecule has 2 aliphatic carbocycles. The molecule has 1 aromatic rings. The van der Waals surface area contributed by atoms with Gasteiger partial charge in [0, 0.05) is 31.3 Å². The predicted molar refractivity (Wildman–Crippen MR) is 95.4 cm³/mol. The van der Waals surface area contributed by atoms with Crippen LogP contribution in [0.25, 0.3) is 0 Å². The molecular weight excluding hydrogens is 298 g/mol. The average Bonchev–Trinajstić information content (AvgIpc) is 2.58. The lowest BCUT2D eigenvalue weighted by Gasteiger charge is -2.51. The fourth-order valence-electron chi connectivity index (χ4n) is 5.14. The number of carbonyl (C=O) groups is 1. The number of carbonyl (C=O) groups excluding carboxylic acids is 1. The molecule has 2 saturated carbocycles. The second-order valence-electron chi connectivity index (χ2n) is 8.15. The topological polar surface area (TPSA) is 29.5 Å². The average molecular weight is 327 g/mol. The van der Waals surface area contributed by atoms with Crippen LogP contribution >= 0.6 is 0 Å². The molecule has 1 aromatic carbocycles. The second kappa shape index (κ2) is 6.51. The van der Waals surface area contributed by atoms with Crippen LogP contribution in [-0.4, -0.2) is 37.4 Å². The van der Waals surface area contributed by atoms with E-state index in [0.29, 0.717) is 11.7 Å². The summed E-state index contributed by atoms with van der Waals surface area (Å²) < 4.78 is 5.45. The van der Waals surface area contributed by atoms with Crippen LogP contribution in [0.5, 0.6) is 5.75 Å². The Morgan fingerprint density at radius 3 is 2.92 bits per heavy atom. The summed E-state index contributed by atoms with van der Waals surface area (Å²) in [5, 5.41) is 0. The Morgan fingerprint density at radius 1 is 1.29 bits per heavy atom. The number of Topliss-reactive ketones (excluding diaryl/α,β-unsaturated/α-hetero) is 1. The highest BCUT2D eigenvalue weighted by Gasteiger charge is 2.48. The number of methoxy groups -OCH3 is 1. The molecule has 0 bridgehead atoms. The molecule has 2 atom stereocenters. The fraction of sp³-hybridized carbons (Fsp3) is 0.667. The van der Waals surface area contributed by atoms with E-state index < -0.39 is 0 Å². The first-order chi connectivity index (χ1) is 11.7. The molecule has 3 aliphatic rings. The third-order valence-corrected chi connectivity index (χ3v) is 6.80. The third kappa shape index (κ3) is 2.88. The SMILES string of the molecule is COc1cccc([C@@]23CCN(CC4CCC4)C[C@@H]2CCC(=O)C3)c1. The molecule has 0 spiro atoms. The maximum Gasteiger partial charge on any atom is 0.133 e. The van der Waals surface area contributed by atoms with Crippen LogP contribution in [0.4, 0.5) is 0 Å². The highest BCUT2D eigenvalue weighted by Crippen LogP contribution is 2.48. The highest BCUT2D eigenvalue weighted by molar-refractivity contribution is 5.81. The largest absolute Gasteiger partial charge is 0.497 e. The summed E-state index contributed by atoms with van der Waals surface area (Å²) in [5.74, 6) is 2.90. The number of hydrogen-bond donors (Lipinski definition) is 0. The van der Waals surface area contributed by atoms with Gasteiger partial charge in [-0.15, -0.1) is 0 Å². The Morgan fingerprint density at radius 2 is 2.17 bits per heavy atom. The molecular formula is C21H29NO2. The maximum atomic E-state index is 12.3. The predicted octanol–water partition coefficient (Wildman–Crippen LogP) is 3.81. The van der Waals surface area contributed by atoms with Crippen molar-refractivity contribution >= 4 is 5.78 Å². The van der Waals surface area contributed by atoms with Gasteiger partial charge in [-0.3, -0.25) is 4.79 Å². The fourth-order valence-corrected chi connectivity index (χ4v) is 5.14. The van der Waals surface area contributed by atoms with Crippen molar-refractivity contribution in [1.82, 2.24) is 4.90 Å². The number of benzene rings is 1. The summed E-state index contributed by atoms with van der Waals surface area (Å²) in [5.41, 5.74) is 1.36. The number of hydrogen-bond acceptors (Lipinski definition) is 3. The van der Waals surface area contributed by atoms with Gasteiger partial charge in [-0.25, -0.2) is 0 Å². The van der Waals surface area contributed by atoms with Gasteiger partial charge in [-0.05, 0) is 61.8 Å². The van der Waals surface area contributed by atoms with Gasteiger partial charge in [0.25, 0.3) is 0 Å². The van der Waals surface area contributed by atoms with Crippen molar-refractivity contribution in [3.05, 3.63) is 29.8 Å². The molecule has 0 unspecified atom stereocenters. The lowest BCUT2D eigenvalue weighted by atomic mass is 9.58. The summed E-state index contributed by atoms with van der Waals surface area (Å²) in [7, 11) is 1.72. The zero-order chi connectivity index (χ0) is 16.6. The summed E-state index contributed by atoms with van der Waals surface area (Å²) in [6.45, 7) is 3.58. The summed E-state index contributed by atoms with van der Waals surface area (Å²) in [6, 6.07) is 8.48. The molecule has 0 radical (unpaired) electrons. The molecule has 3 nitrogen and oxygen atoms in total. The van der Waals surface area contributed by atoms with Crippen LogP contribution in [0.3, 0.4) is 0 Å². The van der Waals surface area contributed by atoms with E-state index in [1.165, 1.54) is 37.9 Å². The summed E-state index contributed by atoms with van der Waals surface area (Å²) in [6.07, 6.45) is 7.92. The Labute approximate surface area is 145 Å². The molecule has 4 rings (SSSR count). The standard InChI is InChI=1S/C21H29NO2/c1-24-20-7-3-6-17(12-20)21-10-11-22(14-16-4-2-5-16)15-18(21)8-9-19(23)13-21/h3,6-7,12,16,18H,2,4-5,8-11,13-15H2,1H3/t18-,21-/m0/s1. The number of nitrogens with zero attached hydrogens (tertiary/aromatic N) is 1. The van der Waals surface area contributed by atoms with Crippen molar-refractivity contribution in [1.29, 1.82) is 0 Å². The van der Waals surface area contributed by atoms with Gasteiger partial charge in [0.2, 0.25) is 0 Å². The molecule has 1 heterocycles. The zero-order valence-corrected chi connectivity index (χ0v) is 14.8. The van der Waals surface area contributed by atoms with E-state index in [-0.39, 0.29) is 5.41 Å². The second-order valence-corrected chi connectivity index (χ2v) is 8.15. The van der Waals surface area contributed by atoms with Gasteiger partial charge in [-0.2, -0.15) is 0 Å². The van der Waals surface area contributed by atoms with Gasteiger partial charge in [0.1, 0.15) is 11.5 Å². The number of ketones is 1. The highest BCUT2D eigenvalue weighted by atomic mass is 16.5. The number of piperidine rings is 1. The minimum atomic E-state index is 0.0417.